The largest absolute Gasteiger partial charge is 0.356 e. The number of carbonyl (C=O) groups is 1. The first-order valence-corrected chi connectivity index (χ1v) is 9.89. The van der Waals surface area contributed by atoms with E-state index in [0.29, 0.717) is 18.1 Å². The van der Waals surface area contributed by atoms with Crippen molar-refractivity contribution in [2.45, 2.75) is 31.8 Å². The molecule has 1 N–H and O–H groups in total. The smallest absolute Gasteiger partial charge is 0.251 e. The van der Waals surface area contributed by atoms with Crippen LogP contribution < -0.4 is 0 Å². The quantitative estimate of drug-likeness (QED) is 0.703. The fraction of sp³-hybridized carbons (Fsp3) is 0.273. The standard InChI is InChI=1S/C22H21N3OS/c1-2-12-24-21(26)18-13-16-15-10-6-7-11-17(15)23-19(16)20(25(18)22(24)27)14-8-4-3-5-9-14/h3-11,18,20,23H,2,12-13H2,1H3/t18-,20-/m0/s1. The highest BCUT2D eigenvalue weighted by Crippen LogP contribution is 2.43. The van der Waals surface area contributed by atoms with Crippen LogP contribution in [0.3, 0.4) is 0 Å². The Bertz CT molecular complexity index is 1040. The Balaban J connectivity index is 1.73. The van der Waals surface area contributed by atoms with Gasteiger partial charge in [-0.3, -0.25) is 9.69 Å². The number of rotatable bonds is 3. The van der Waals surface area contributed by atoms with Crippen molar-refractivity contribution in [2.75, 3.05) is 6.54 Å². The molecule has 0 aliphatic carbocycles. The average molecular weight is 375 g/mol. The van der Waals surface area contributed by atoms with E-state index in [9.17, 15) is 4.79 Å². The number of para-hydroxylation sites is 1. The van der Waals surface area contributed by atoms with Crippen LogP contribution in [0.25, 0.3) is 10.9 Å². The molecular formula is C22H21N3OS. The summed E-state index contributed by atoms with van der Waals surface area (Å²) in [7, 11) is 0. The molecule has 2 atom stereocenters. The SMILES string of the molecule is CCCN1C(=O)[C@@H]2Cc3c([nH]c4ccccc34)[C@H](c3ccccc3)N2C1=S. The van der Waals surface area contributed by atoms with Crippen molar-refractivity contribution in [2.24, 2.45) is 0 Å². The molecule has 0 unspecified atom stereocenters. The number of amides is 1. The van der Waals surface area contributed by atoms with Crippen molar-refractivity contribution in [1.82, 2.24) is 14.8 Å². The third-order valence-electron chi connectivity index (χ3n) is 5.70. The molecular weight excluding hydrogens is 354 g/mol. The number of hydrogen-bond acceptors (Lipinski definition) is 2. The lowest BCUT2D eigenvalue weighted by Crippen LogP contribution is -2.44. The van der Waals surface area contributed by atoms with Gasteiger partial charge >= 0.3 is 0 Å². The molecule has 136 valence electrons. The Morgan fingerprint density at radius 1 is 1.11 bits per heavy atom. The summed E-state index contributed by atoms with van der Waals surface area (Å²) in [5.41, 5.74) is 4.68. The second-order valence-electron chi connectivity index (χ2n) is 7.28. The van der Waals surface area contributed by atoms with E-state index in [1.54, 1.807) is 4.90 Å². The number of nitrogens with zero attached hydrogens (tertiary/aromatic N) is 2. The molecule has 5 heteroatoms. The second kappa shape index (κ2) is 6.20. The molecule has 1 fully saturated rings. The Morgan fingerprint density at radius 3 is 2.63 bits per heavy atom. The topological polar surface area (TPSA) is 39.3 Å². The van der Waals surface area contributed by atoms with E-state index < -0.39 is 0 Å². The van der Waals surface area contributed by atoms with Crippen molar-refractivity contribution in [3.05, 3.63) is 71.4 Å². The van der Waals surface area contributed by atoms with Crippen LogP contribution in [0.1, 0.15) is 36.2 Å². The van der Waals surface area contributed by atoms with Crippen molar-refractivity contribution in [1.29, 1.82) is 0 Å². The van der Waals surface area contributed by atoms with E-state index in [2.05, 4.69) is 47.1 Å². The number of benzene rings is 2. The Hall–Kier alpha value is -2.66. The lowest BCUT2D eigenvalue weighted by molar-refractivity contribution is -0.128. The molecule has 27 heavy (non-hydrogen) atoms. The summed E-state index contributed by atoms with van der Waals surface area (Å²) in [5.74, 6) is 0.138. The second-order valence-corrected chi connectivity index (χ2v) is 7.64. The van der Waals surface area contributed by atoms with Crippen LogP contribution in [-0.4, -0.2) is 38.4 Å². The zero-order chi connectivity index (χ0) is 18.5. The molecule has 0 spiro atoms. The third-order valence-corrected chi connectivity index (χ3v) is 6.13. The van der Waals surface area contributed by atoms with Crippen molar-refractivity contribution in [3.63, 3.8) is 0 Å². The zero-order valence-electron chi connectivity index (χ0n) is 15.2. The Morgan fingerprint density at radius 2 is 1.85 bits per heavy atom. The summed E-state index contributed by atoms with van der Waals surface area (Å²) in [6.45, 7) is 2.76. The molecule has 1 aromatic heterocycles. The van der Waals surface area contributed by atoms with Crippen LogP contribution in [0.4, 0.5) is 0 Å². The normalized spacial score (nSPS) is 21.7. The van der Waals surface area contributed by atoms with E-state index in [-0.39, 0.29) is 18.0 Å². The van der Waals surface area contributed by atoms with Gasteiger partial charge in [0, 0.05) is 29.6 Å². The summed E-state index contributed by atoms with van der Waals surface area (Å²) >= 11 is 5.78. The molecule has 0 radical (unpaired) electrons. The van der Waals surface area contributed by atoms with Gasteiger partial charge in [-0.25, -0.2) is 0 Å². The minimum atomic E-state index is -0.221. The van der Waals surface area contributed by atoms with Gasteiger partial charge in [-0.1, -0.05) is 55.5 Å². The van der Waals surface area contributed by atoms with Crippen molar-refractivity contribution in [3.8, 4) is 0 Å². The van der Waals surface area contributed by atoms with Gasteiger partial charge < -0.3 is 9.88 Å². The average Bonchev–Trinajstić information content (AvgIpc) is 3.18. The van der Waals surface area contributed by atoms with E-state index >= 15 is 0 Å². The Labute approximate surface area is 163 Å². The summed E-state index contributed by atoms with van der Waals surface area (Å²) in [4.78, 5) is 20.7. The Kier molecular flexibility index (Phi) is 3.79. The van der Waals surface area contributed by atoms with E-state index in [0.717, 1.165) is 23.2 Å². The maximum absolute atomic E-state index is 13.2. The summed E-state index contributed by atoms with van der Waals surface area (Å²) in [6.07, 6.45) is 1.60. The predicted molar refractivity (Wildman–Crippen MR) is 111 cm³/mol. The van der Waals surface area contributed by atoms with Crippen LogP contribution in [0.5, 0.6) is 0 Å². The third kappa shape index (κ3) is 2.34. The summed E-state index contributed by atoms with van der Waals surface area (Å²) in [6, 6.07) is 18.4. The minimum Gasteiger partial charge on any atom is -0.356 e. The molecule has 3 aromatic rings. The number of aromatic nitrogens is 1. The van der Waals surface area contributed by atoms with Crippen molar-refractivity contribution >= 4 is 34.1 Å². The highest BCUT2D eigenvalue weighted by atomic mass is 32.1. The number of H-pyrrole nitrogens is 1. The molecule has 1 saturated heterocycles. The van der Waals surface area contributed by atoms with Gasteiger partial charge in [-0.05, 0) is 35.8 Å². The highest BCUT2D eigenvalue weighted by molar-refractivity contribution is 7.80. The molecule has 2 aliphatic rings. The molecule has 2 aliphatic heterocycles. The van der Waals surface area contributed by atoms with Crippen LogP contribution >= 0.6 is 12.2 Å². The van der Waals surface area contributed by atoms with Gasteiger partial charge in [0.25, 0.3) is 5.91 Å². The number of nitrogens with one attached hydrogen (secondary N) is 1. The molecule has 0 saturated carbocycles. The van der Waals surface area contributed by atoms with E-state index in [4.69, 9.17) is 12.2 Å². The summed E-state index contributed by atoms with van der Waals surface area (Å²) in [5, 5.41) is 1.87. The zero-order valence-corrected chi connectivity index (χ0v) is 16.0. The van der Waals surface area contributed by atoms with E-state index in [1.165, 1.54) is 10.9 Å². The van der Waals surface area contributed by atoms with E-state index in [1.807, 2.05) is 24.3 Å². The lowest BCUT2D eigenvalue weighted by atomic mass is 9.89. The predicted octanol–water partition coefficient (Wildman–Crippen LogP) is 4.02. The fourth-order valence-electron chi connectivity index (χ4n) is 4.54. The summed E-state index contributed by atoms with van der Waals surface area (Å²) < 4.78 is 0. The first-order valence-electron chi connectivity index (χ1n) is 9.48. The first-order chi connectivity index (χ1) is 13.2. The number of fused-ring (bicyclic) bond motifs is 4. The van der Waals surface area contributed by atoms with Crippen LogP contribution in [0, 0.1) is 0 Å². The molecule has 0 bridgehead atoms. The van der Waals surface area contributed by atoms with Crippen molar-refractivity contribution < 1.29 is 4.79 Å². The monoisotopic (exact) mass is 375 g/mol. The highest BCUT2D eigenvalue weighted by Gasteiger charge is 2.50. The van der Waals surface area contributed by atoms with Crippen LogP contribution in [0.2, 0.25) is 0 Å². The van der Waals surface area contributed by atoms with Gasteiger partial charge in [-0.15, -0.1) is 0 Å². The van der Waals surface area contributed by atoms with Gasteiger partial charge in [0.15, 0.2) is 5.11 Å². The number of carbonyl (C=O) groups excluding carboxylic acids is 1. The van der Waals surface area contributed by atoms with Crippen LogP contribution in [-0.2, 0) is 11.2 Å². The maximum atomic E-state index is 13.2. The number of hydrogen-bond donors (Lipinski definition) is 1. The first kappa shape index (κ1) is 16.5. The molecule has 1 amide bonds. The van der Waals surface area contributed by atoms with Gasteiger partial charge in [0.05, 0.1) is 6.04 Å². The van der Waals surface area contributed by atoms with Gasteiger partial charge in [0.2, 0.25) is 0 Å². The molecule has 5 rings (SSSR count). The van der Waals surface area contributed by atoms with Crippen LogP contribution in [0.15, 0.2) is 54.6 Å². The maximum Gasteiger partial charge on any atom is 0.251 e. The fourth-order valence-corrected chi connectivity index (χ4v) is 4.95. The number of thiocarbonyl (C=S) groups is 1. The molecule has 2 aromatic carbocycles. The molecule has 4 nitrogen and oxygen atoms in total. The van der Waals surface area contributed by atoms with Gasteiger partial charge in [-0.2, -0.15) is 0 Å². The minimum absolute atomic E-state index is 0.0642. The molecule has 3 heterocycles. The van der Waals surface area contributed by atoms with Gasteiger partial charge in [0.1, 0.15) is 6.04 Å². The lowest BCUT2D eigenvalue weighted by Gasteiger charge is -2.37. The number of aromatic amines is 1.